The molecule has 3 rings (SSSR count). The van der Waals surface area contributed by atoms with Gasteiger partial charge < -0.3 is 19.4 Å². The fourth-order valence-corrected chi connectivity index (χ4v) is 3.46. The second kappa shape index (κ2) is 10.7. The molecule has 8 heteroatoms. The minimum atomic E-state index is -0.323. The number of esters is 1. The first-order valence-corrected chi connectivity index (χ1v) is 10.5. The van der Waals surface area contributed by atoms with E-state index in [4.69, 9.17) is 14.1 Å². The number of aromatic nitrogens is 2. The first kappa shape index (κ1) is 21.0. The maximum absolute atomic E-state index is 11.9. The van der Waals surface area contributed by atoms with Crippen LogP contribution in [0.4, 0.5) is 0 Å². The molecule has 1 unspecified atom stereocenters. The zero-order valence-electron chi connectivity index (χ0n) is 17.3. The van der Waals surface area contributed by atoms with Crippen LogP contribution in [-0.2, 0) is 11.2 Å². The van der Waals surface area contributed by atoms with E-state index in [1.165, 1.54) is 0 Å². The summed E-state index contributed by atoms with van der Waals surface area (Å²) >= 11 is 0. The van der Waals surface area contributed by atoms with Crippen LogP contribution in [0.3, 0.4) is 0 Å². The molecule has 0 aromatic carbocycles. The predicted octanol–water partition coefficient (Wildman–Crippen LogP) is 2.89. The maximum Gasteiger partial charge on any atom is 0.341 e. The van der Waals surface area contributed by atoms with Gasteiger partial charge in [-0.05, 0) is 38.3 Å². The zero-order chi connectivity index (χ0) is 20.5. The number of carbonyl (C=O) groups excluding carboxylic acids is 1. The van der Waals surface area contributed by atoms with Crippen LogP contribution in [0.5, 0.6) is 0 Å². The lowest BCUT2D eigenvalue weighted by atomic mass is 10.1. The Morgan fingerprint density at radius 1 is 1.45 bits per heavy atom. The maximum atomic E-state index is 11.9. The smallest absolute Gasteiger partial charge is 0.341 e. The van der Waals surface area contributed by atoms with Gasteiger partial charge in [-0.2, -0.15) is 5.10 Å². The number of nitrogens with zero attached hydrogens (tertiary/aromatic N) is 4. The molecule has 2 aromatic rings. The number of piperidine rings is 1. The van der Waals surface area contributed by atoms with Gasteiger partial charge in [0.05, 0.1) is 30.7 Å². The van der Waals surface area contributed by atoms with E-state index in [9.17, 15) is 4.79 Å². The van der Waals surface area contributed by atoms with Crippen LogP contribution in [0.2, 0.25) is 0 Å². The summed E-state index contributed by atoms with van der Waals surface area (Å²) in [5.41, 5.74) is 0.500. The highest BCUT2D eigenvalue weighted by atomic mass is 16.5. The summed E-state index contributed by atoms with van der Waals surface area (Å²) in [7, 11) is 0. The fraction of sp³-hybridized carbons (Fsp3) is 0.571. The van der Waals surface area contributed by atoms with E-state index in [0.29, 0.717) is 12.2 Å². The van der Waals surface area contributed by atoms with Gasteiger partial charge in [-0.1, -0.05) is 6.92 Å². The molecule has 1 atom stereocenters. The van der Waals surface area contributed by atoms with Crippen LogP contribution >= 0.6 is 0 Å². The van der Waals surface area contributed by atoms with E-state index in [2.05, 4.69) is 22.2 Å². The zero-order valence-corrected chi connectivity index (χ0v) is 17.3. The Morgan fingerprint density at radius 3 is 3.10 bits per heavy atom. The standard InChI is InChI=1S/C21H31N5O3/c1-3-10-22-21(23-11-9-19-8-6-13-29-19)25-12-5-7-18(16-25)26-15-17(14-24-26)20(27)28-4-2/h6,8,13-15,18H,3-5,7,9-12,16H2,1-2H3,(H,22,23). The monoisotopic (exact) mass is 401 g/mol. The largest absolute Gasteiger partial charge is 0.469 e. The number of carbonyl (C=O) groups is 1. The van der Waals surface area contributed by atoms with E-state index < -0.39 is 0 Å². The second-order valence-corrected chi connectivity index (χ2v) is 7.13. The summed E-state index contributed by atoms with van der Waals surface area (Å²) in [4.78, 5) is 19.0. The number of ether oxygens (including phenoxy) is 1. The lowest BCUT2D eigenvalue weighted by Crippen LogP contribution is -2.47. The van der Waals surface area contributed by atoms with Crippen molar-refractivity contribution < 1.29 is 13.9 Å². The lowest BCUT2D eigenvalue weighted by Gasteiger charge is -2.35. The normalized spacial score (nSPS) is 17.4. The van der Waals surface area contributed by atoms with Crippen molar-refractivity contribution in [2.75, 3.05) is 32.8 Å². The van der Waals surface area contributed by atoms with Crippen LogP contribution in [0, 0.1) is 0 Å². The van der Waals surface area contributed by atoms with E-state index in [1.54, 1.807) is 25.6 Å². The molecule has 8 nitrogen and oxygen atoms in total. The Balaban J connectivity index is 1.62. The molecule has 2 aromatic heterocycles. The number of hydrogen-bond acceptors (Lipinski definition) is 5. The second-order valence-electron chi connectivity index (χ2n) is 7.13. The molecule has 0 aliphatic carbocycles. The highest BCUT2D eigenvalue weighted by Gasteiger charge is 2.25. The quantitative estimate of drug-likeness (QED) is 0.416. The summed E-state index contributed by atoms with van der Waals surface area (Å²) in [6, 6.07) is 4.09. The molecule has 3 heterocycles. The number of furan rings is 1. The van der Waals surface area contributed by atoms with Crippen molar-refractivity contribution in [2.24, 2.45) is 4.99 Å². The average molecular weight is 402 g/mol. The van der Waals surface area contributed by atoms with E-state index in [0.717, 1.165) is 63.6 Å². The third kappa shape index (κ3) is 5.85. The summed E-state index contributed by atoms with van der Waals surface area (Å²) in [5.74, 6) is 1.57. The Labute approximate surface area is 171 Å². The van der Waals surface area contributed by atoms with Crippen LogP contribution in [0.25, 0.3) is 0 Å². The minimum absolute atomic E-state index is 0.200. The molecular weight excluding hydrogens is 370 g/mol. The number of guanidine groups is 1. The molecule has 29 heavy (non-hydrogen) atoms. The topological polar surface area (TPSA) is 84.9 Å². The Morgan fingerprint density at radius 2 is 2.34 bits per heavy atom. The van der Waals surface area contributed by atoms with E-state index >= 15 is 0 Å². The van der Waals surface area contributed by atoms with Crippen LogP contribution in [0.1, 0.15) is 55.3 Å². The first-order valence-electron chi connectivity index (χ1n) is 10.5. The Bertz CT molecular complexity index is 784. The van der Waals surface area contributed by atoms with E-state index in [-0.39, 0.29) is 12.0 Å². The minimum Gasteiger partial charge on any atom is -0.469 e. The summed E-state index contributed by atoms with van der Waals surface area (Å²) in [5, 5.41) is 7.90. The van der Waals surface area contributed by atoms with Crippen molar-refractivity contribution in [3.63, 3.8) is 0 Å². The Hall–Kier alpha value is -2.77. The van der Waals surface area contributed by atoms with Crippen LogP contribution in [-0.4, -0.2) is 59.4 Å². The number of rotatable bonds is 8. The van der Waals surface area contributed by atoms with Crippen molar-refractivity contribution >= 4 is 11.9 Å². The lowest BCUT2D eigenvalue weighted by molar-refractivity contribution is 0.0526. The van der Waals surface area contributed by atoms with Gasteiger partial charge in [0.1, 0.15) is 5.76 Å². The van der Waals surface area contributed by atoms with Gasteiger partial charge in [0.25, 0.3) is 0 Å². The molecule has 1 N–H and O–H groups in total. The molecule has 158 valence electrons. The van der Waals surface area contributed by atoms with Crippen LogP contribution in [0.15, 0.2) is 40.2 Å². The van der Waals surface area contributed by atoms with Gasteiger partial charge in [-0.25, -0.2) is 4.79 Å². The molecule has 0 radical (unpaired) electrons. The third-order valence-electron chi connectivity index (χ3n) is 4.90. The molecule has 1 aliphatic rings. The summed E-state index contributed by atoms with van der Waals surface area (Å²) in [6.07, 6.45) is 8.97. The molecular formula is C21H31N5O3. The van der Waals surface area contributed by atoms with Gasteiger partial charge in [0.2, 0.25) is 0 Å². The Kier molecular flexibility index (Phi) is 7.72. The molecule has 0 amide bonds. The predicted molar refractivity (Wildman–Crippen MR) is 111 cm³/mol. The molecule has 1 aliphatic heterocycles. The van der Waals surface area contributed by atoms with Gasteiger partial charge in [-0.3, -0.25) is 9.67 Å². The van der Waals surface area contributed by atoms with Crippen molar-refractivity contribution in [3.05, 3.63) is 42.1 Å². The number of nitrogens with one attached hydrogen (secondary N) is 1. The molecule has 1 fully saturated rings. The molecule has 0 spiro atoms. The summed E-state index contributed by atoms with van der Waals surface area (Å²) in [6.45, 7) is 7.62. The number of aliphatic imine (C=N–C) groups is 1. The van der Waals surface area contributed by atoms with Gasteiger partial charge in [0, 0.05) is 38.8 Å². The van der Waals surface area contributed by atoms with Crippen molar-refractivity contribution in [2.45, 2.75) is 45.6 Å². The van der Waals surface area contributed by atoms with Gasteiger partial charge in [0.15, 0.2) is 5.96 Å². The molecule has 1 saturated heterocycles. The van der Waals surface area contributed by atoms with Crippen molar-refractivity contribution in [3.8, 4) is 0 Å². The van der Waals surface area contributed by atoms with Crippen molar-refractivity contribution in [1.82, 2.24) is 20.0 Å². The van der Waals surface area contributed by atoms with E-state index in [1.807, 2.05) is 16.8 Å². The third-order valence-corrected chi connectivity index (χ3v) is 4.90. The number of hydrogen-bond donors (Lipinski definition) is 1. The highest BCUT2D eigenvalue weighted by Crippen LogP contribution is 2.21. The van der Waals surface area contributed by atoms with Gasteiger partial charge >= 0.3 is 5.97 Å². The highest BCUT2D eigenvalue weighted by molar-refractivity contribution is 5.88. The SMILES string of the molecule is CCCN=C(NCCc1ccco1)N1CCCC(n2cc(C(=O)OCC)cn2)C1. The average Bonchev–Trinajstić information content (AvgIpc) is 3.43. The van der Waals surface area contributed by atoms with Crippen molar-refractivity contribution in [1.29, 1.82) is 0 Å². The first-order chi connectivity index (χ1) is 14.2. The van der Waals surface area contributed by atoms with Gasteiger partial charge in [-0.15, -0.1) is 0 Å². The molecule has 0 bridgehead atoms. The summed E-state index contributed by atoms with van der Waals surface area (Å²) < 4.78 is 12.4. The number of likely N-dealkylation sites (tertiary alicyclic amines) is 1. The molecule has 0 saturated carbocycles. The fourth-order valence-electron chi connectivity index (χ4n) is 3.46. The van der Waals surface area contributed by atoms with Crippen LogP contribution < -0.4 is 5.32 Å².